The Labute approximate surface area is 137 Å². The van der Waals surface area contributed by atoms with E-state index in [4.69, 9.17) is 14.2 Å². The number of nitrogens with zero attached hydrogens (tertiary/aromatic N) is 1. The molecule has 122 valence electrons. The highest BCUT2D eigenvalue weighted by atomic mass is 16.6. The number of hydrogen-bond acceptors (Lipinski definition) is 4. The number of rotatable bonds is 2. The number of likely N-dealkylation sites (tertiary alicyclic amines) is 1. The molecule has 5 atom stereocenters. The Hall–Kier alpha value is -1.52. The second kappa shape index (κ2) is 4.52. The van der Waals surface area contributed by atoms with Crippen LogP contribution in [0.15, 0.2) is 24.3 Å². The Balaban J connectivity index is 1.80. The van der Waals surface area contributed by atoms with E-state index in [1.54, 1.807) is 14.2 Å². The summed E-state index contributed by atoms with van der Waals surface area (Å²) in [6.45, 7) is 1.11. The molecule has 1 saturated heterocycles. The van der Waals surface area contributed by atoms with Crippen LogP contribution in [-0.2, 0) is 16.6 Å². The van der Waals surface area contributed by atoms with E-state index in [0.29, 0.717) is 12.0 Å². The van der Waals surface area contributed by atoms with Crippen LogP contribution in [0.2, 0.25) is 0 Å². The molecule has 0 aromatic heterocycles. The summed E-state index contributed by atoms with van der Waals surface area (Å²) >= 11 is 0. The van der Waals surface area contributed by atoms with Crippen molar-refractivity contribution in [2.45, 2.75) is 36.5 Å². The lowest BCUT2D eigenvalue weighted by Crippen LogP contribution is -2.65. The molecule has 4 aliphatic rings. The predicted molar refractivity (Wildman–Crippen MR) is 87.3 cm³/mol. The number of hydrogen-bond donors (Lipinski definition) is 0. The van der Waals surface area contributed by atoms with Gasteiger partial charge in [0.15, 0.2) is 11.5 Å². The van der Waals surface area contributed by atoms with Gasteiger partial charge >= 0.3 is 0 Å². The van der Waals surface area contributed by atoms with E-state index >= 15 is 0 Å². The van der Waals surface area contributed by atoms with E-state index in [1.807, 2.05) is 0 Å². The van der Waals surface area contributed by atoms with Gasteiger partial charge in [0, 0.05) is 30.0 Å². The third kappa shape index (κ3) is 1.49. The van der Waals surface area contributed by atoms with Crippen LogP contribution < -0.4 is 9.47 Å². The van der Waals surface area contributed by atoms with E-state index in [2.05, 4.69) is 36.2 Å². The molecule has 2 aliphatic carbocycles. The van der Waals surface area contributed by atoms with Crippen LogP contribution in [0, 0.1) is 5.92 Å². The van der Waals surface area contributed by atoms with Gasteiger partial charge in [0.05, 0.1) is 7.11 Å². The quantitative estimate of drug-likeness (QED) is 0.783. The maximum absolute atomic E-state index is 6.52. The summed E-state index contributed by atoms with van der Waals surface area (Å²) in [6, 6.07) is 4.86. The van der Waals surface area contributed by atoms with Gasteiger partial charge < -0.3 is 19.1 Å². The topological polar surface area (TPSA) is 30.9 Å². The van der Waals surface area contributed by atoms with Crippen LogP contribution >= 0.6 is 0 Å². The summed E-state index contributed by atoms with van der Waals surface area (Å²) in [6.07, 6.45) is 6.89. The van der Waals surface area contributed by atoms with Crippen LogP contribution in [0.5, 0.6) is 11.5 Å². The van der Waals surface area contributed by atoms with Crippen molar-refractivity contribution in [3.63, 3.8) is 0 Å². The zero-order valence-electron chi connectivity index (χ0n) is 13.9. The average Bonchev–Trinajstić information content (AvgIpc) is 2.92. The first-order valence-electron chi connectivity index (χ1n) is 8.49. The van der Waals surface area contributed by atoms with Crippen LogP contribution in [0.1, 0.15) is 17.5 Å². The molecule has 23 heavy (non-hydrogen) atoms. The molecule has 1 fully saturated rings. The van der Waals surface area contributed by atoms with Crippen LogP contribution in [0.25, 0.3) is 0 Å². The normalized spacial score (nSPS) is 39.8. The van der Waals surface area contributed by atoms with Crippen molar-refractivity contribution in [1.82, 2.24) is 4.90 Å². The summed E-state index contributed by atoms with van der Waals surface area (Å²) in [4.78, 5) is 2.52. The fraction of sp³-hybridized carbons (Fsp3) is 0.579. The minimum Gasteiger partial charge on any atom is -0.493 e. The highest BCUT2D eigenvalue weighted by Gasteiger charge is 2.64. The molecular weight excluding hydrogens is 290 g/mol. The minimum absolute atomic E-state index is 0.0124. The molecule has 2 aliphatic heterocycles. The summed E-state index contributed by atoms with van der Waals surface area (Å²) in [5, 5.41) is 0. The Kier molecular flexibility index (Phi) is 2.73. The molecule has 2 heterocycles. The predicted octanol–water partition coefficient (Wildman–Crippen LogP) is 2.16. The zero-order chi connectivity index (χ0) is 15.8. The van der Waals surface area contributed by atoms with E-state index in [9.17, 15) is 0 Å². The van der Waals surface area contributed by atoms with Crippen LogP contribution in [0.4, 0.5) is 0 Å². The van der Waals surface area contributed by atoms with Crippen molar-refractivity contribution in [2.24, 2.45) is 5.92 Å². The smallest absolute Gasteiger partial charge is 0.165 e. The molecule has 4 heteroatoms. The molecule has 0 N–H and O–H groups in total. The van der Waals surface area contributed by atoms with Crippen molar-refractivity contribution in [3.05, 3.63) is 35.4 Å². The highest BCUT2D eigenvalue weighted by molar-refractivity contribution is 5.62. The zero-order valence-corrected chi connectivity index (χ0v) is 13.9. The Bertz CT molecular complexity index is 700. The lowest BCUT2D eigenvalue weighted by atomic mass is 9.53. The summed E-state index contributed by atoms with van der Waals surface area (Å²) in [7, 11) is 5.77. The van der Waals surface area contributed by atoms with Gasteiger partial charge in [-0.05, 0) is 38.1 Å². The first kappa shape index (κ1) is 13.9. The SMILES string of the molecule is COc1ccc2c3c1O[C@H]1C(OC)C=C[C@H]4[C@@H](C2)N(C)CC[C@]314. The standard InChI is InChI=1S/C19H23NO3/c1-20-9-8-19-12-5-7-15(22-3)18(19)23-17-14(21-2)6-4-11(16(17)19)10-13(12)20/h4-7,12-13,15,18H,8-10H2,1-3H3/t12-,13+,15?,18-,19-/m0/s1. The highest BCUT2D eigenvalue weighted by Crippen LogP contribution is 2.62. The average molecular weight is 313 g/mol. The van der Waals surface area contributed by atoms with Gasteiger partial charge in [-0.1, -0.05) is 18.2 Å². The number of piperidine rings is 1. The van der Waals surface area contributed by atoms with Crippen LogP contribution in [0.3, 0.4) is 0 Å². The third-order valence-electron chi connectivity index (χ3n) is 6.61. The molecule has 1 unspecified atom stereocenters. The molecule has 0 saturated carbocycles. The summed E-state index contributed by atoms with van der Waals surface area (Å²) < 4.78 is 17.9. The van der Waals surface area contributed by atoms with Gasteiger partial charge in [0.1, 0.15) is 12.2 Å². The molecule has 1 aromatic carbocycles. The van der Waals surface area contributed by atoms with E-state index in [1.165, 1.54) is 11.1 Å². The fourth-order valence-electron chi connectivity index (χ4n) is 5.57. The lowest BCUT2D eigenvalue weighted by Gasteiger charge is -2.56. The number of methoxy groups -OCH3 is 2. The molecule has 4 nitrogen and oxygen atoms in total. The first-order chi connectivity index (χ1) is 11.2. The van der Waals surface area contributed by atoms with Crippen molar-refractivity contribution in [1.29, 1.82) is 0 Å². The summed E-state index contributed by atoms with van der Waals surface area (Å²) in [5.74, 6) is 2.32. The van der Waals surface area contributed by atoms with Gasteiger partial charge in [0.2, 0.25) is 0 Å². The Morgan fingerprint density at radius 1 is 1.26 bits per heavy atom. The Morgan fingerprint density at radius 3 is 2.91 bits per heavy atom. The monoisotopic (exact) mass is 313 g/mol. The lowest BCUT2D eigenvalue weighted by molar-refractivity contribution is -0.0581. The number of likely N-dealkylation sites (N-methyl/N-ethyl adjacent to an activating group) is 1. The fourth-order valence-corrected chi connectivity index (χ4v) is 5.57. The second-order valence-electron chi connectivity index (χ2n) is 7.32. The van der Waals surface area contributed by atoms with Crippen molar-refractivity contribution >= 4 is 0 Å². The maximum Gasteiger partial charge on any atom is 0.165 e. The molecule has 2 bridgehead atoms. The van der Waals surface area contributed by atoms with Gasteiger partial charge in [-0.3, -0.25) is 0 Å². The minimum atomic E-state index is 0.0124. The molecule has 0 radical (unpaired) electrons. The van der Waals surface area contributed by atoms with E-state index in [0.717, 1.165) is 30.9 Å². The second-order valence-corrected chi connectivity index (χ2v) is 7.32. The number of benzene rings is 1. The van der Waals surface area contributed by atoms with Crippen molar-refractivity contribution in [3.8, 4) is 11.5 Å². The van der Waals surface area contributed by atoms with Crippen molar-refractivity contribution < 1.29 is 14.2 Å². The largest absolute Gasteiger partial charge is 0.493 e. The molecule has 1 spiro atoms. The van der Waals surface area contributed by atoms with Crippen LogP contribution in [-0.4, -0.2) is 51.0 Å². The van der Waals surface area contributed by atoms with Gasteiger partial charge in [-0.25, -0.2) is 0 Å². The van der Waals surface area contributed by atoms with E-state index in [-0.39, 0.29) is 17.6 Å². The van der Waals surface area contributed by atoms with E-state index < -0.39 is 0 Å². The van der Waals surface area contributed by atoms with Gasteiger partial charge in [-0.15, -0.1) is 0 Å². The molecule has 1 aromatic rings. The number of ether oxygens (including phenoxy) is 3. The molecular formula is C19H23NO3. The Morgan fingerprint density at radius 2 is 2.13 bits per heavy atom. The van der Waals surface area contributed by atoms with Gasteiger partial charge in [-0.2, -0.15) is 0 Å². The van der Waals surface area contributed by atoms with Crippen molar-refractivity contribution in [2.75, 3.05) is 27.8 Å². The molecule has 0 amide bonds. The third-order valence-corrected chi connectivity index (χ3v) is 6.61. The summed E-state index contributed by atoms with van der Waals surface area (Å²) in [5.41, 5.74) is 2.88. The molecule has 5 rings (SSSR count). The van der Waals surface area contributed by atoms with Gasteiger partial charge in [0.25, 0.3) is 0 Å². The maximum atomic E-state index is 6.52. The first-order valence-corrected chi connectivity index (χ1v) is 8.49.